The number of aryl methyl sites for hydroxylation is 2. The van der Waals surface area contributed by atoms with Gasteiger partial charge in [-0.15, -0.1) is 0 Å². The van der Waals surface area contributed by atoms with Gasteiger partial charge in [0.1, 0.15) is 11.5 Å². The van der Waals surface area contributed by atoms with Crippen LogP contribution >= 0.6 is 0 Å². The van der Waals surface area contributed by atoms with Crippen molar-refractivity contribution < 1.29 is 4.42 Å². The second kappa shape index (κ2) is 4.61. The van der Waals surface area contributed by atoms with E-state index in [0.29, 0.717) is 6.04 Å². The topological polar surface area (TPSA) is 43.0 Å². The van der Waals surface area contributed by atoms with Crippen LogP contribution in [-0.2, 0) is 20.0 Å². The molecule has 3 rings (SSSR count). The van der Waals surface area contributed by atoms with Crippen LogP contribution < -0.4 is 5.32 Å². The molecule has 2 aromatic rings. The Bertz CT molecular complexity index is 541. The number of nitrogens with one attached hydrogen (secondary N) is 1. The van der Waals surface area contributed by atoms with Crippen LogP contribution in [0.25, 0.3) is 0 Å². The maximum absolute atomic E-state index is 5.58. The van der Waals surface area contributed by atoms with Crippen molar-refractivity contribution in [3.05, 3.63) is 41.1 Å². The molecule has 0 spiro atoms. The standard InChI is InChI=1S/C14H19N3O/c1-10-6-7-11(18-10)8-15-13-4-3-5-14-12(13)9-16-17(14)2/h6-7,9,13,15H,3-5,8H2,1-2H3. The summed E-state index contributed by atoms with van der Waals surface area (Å²) in [7, 11) is 2.02. The summed E-state index contributed by atoms with van der Waals surface area (Å²) in [5.74, 6) is 1.97. The van der Waals surface area contributed by atoms with Gasteiger partial charge in [0.05, 0.1) is 12.7 Å². The molecule has 2 heterocycles. The van der Waals surface area contributed by atoms with E-state index >= 15 is 0 Å². The molecular formula is C14H19N3O. The third-order valence-corrected chi connectivity index (χ3v) is 3.69. The number of aromatic nitrogens is 2. The predicted molar refractivity (Wildman–Crippen MR) is 69.2 cm³/mol. The average Bonchev–Trinajstić information content (AvgIpc) is 2.94. The molecule has 0 amide bonds. The number of rotatable bonds is 3. The van der Waals surface area contributed by atoms with E-state index in [2.05, 4.69) is 10.4 Å². The molecule has 0 aliphatic heterocycles. The Morgan fingerprint density at radius 3 is 3.17 bits per heavy atom. The summed E-state index contributed by atoms with van der Waals surface area (Å²) in [5.41, 5.74) is 2.72. The minimum atomic E-state index is 0.410. The molecule has 2 aromatic heterocycles. The van der Waals surface area contributed by atoms with Crippen LogP contribution in [0, 0.1) is 6.92 Å². The Morgan fingerprint density at radius 2 is 2.39 bits per heavy atom. The average molecular weight is 245 g/mol. The van der Waals surface area contributed by atoms with E-state index in [-0.39, 0.29) is 0 Å². The number of furan rings is 1. The quantitative estimate of drug-likeness (QED) is 0.903. The summed E-state index contributed by atoms with van der Waals surface area (Å²) in [6.07, 6.45) is 5.54. The third-order valence-electron chi connectivity index (χ3n) is 3.69. The lowest BCUT2D eigenvalue weighted by Crippen LogP contribution is -2.24. The highest BCUT2D eigenvalue weighted by Crippen LogP contribution is 2.29. The summed E-state index contributed by atoms with van der Waals surface area (Å²) >= 11 is 0. The van der Waals surface area contributed by atoms with Gasteiger partial charge in [-0.25, -0.2) is 0 Å². The van der Waals surface area contributed by atoms with Gasteiger partial charge >= 0.3 is 0 Å². The Morgan fingerprint density at radius 1 is 1.50 bits per heavy atom. The van der Waals surface area contributed by atoms with Crippen LogP contribution in [0.2, 0.25) is 0 Å². The van der Waals surface area contributed by atoms with E-state index in [1.165, 1.54) is 24.1 Å². The highest BCUT2D eigenvalue weighted by Gasteiger charge is 2.22. The van der Waals surface area contributed by atoms with Crippen LogP contribution in [0.3, 0.4) is 0 Å². The molecule has 0 radical (unpaired) electrons. The van der Waals surface area contributed by atoms with Gasteiger partial charge in [-0.3, -0.25) is 4.68 Å². The fourth-order valence-corrected chi connectivity index (χ4v) is 2.72. The van der Waals surface area contributed by atoms with Gasteiger partial charge < -0.3 is 9.73 Å². The predicted octanol–water partition coefficient (Wildman–Crippen LogP) is 2.49. The first kappa shape index (κ1) is 11.5. The fourth-order valence-electron chi connectivity index (χ4n) is 2.72. The van der Waals surface area contributed by atoms with Crippen LogP contribution in [0.5, 0.6) is 0 Å². The summed E-state index contributed by atoms with van der Waals surface area (Å²) in [5, 5.41) is 7.93. The first-order valence-corrected chi connectivity index (χ1v) is 6.53. The molecule has 1 atom stereocenters. The van der Waals surface area contributed by atoms with Crippen LogP contribution in [0.1, 0.15) is 41.7 Å². The van der Waals surface area contributed by atoms with Gasteiger partial charge in [0.15, 0.2) is 0 Å². The molecule has 4 heteroatoms. The Hall–Kier alpha value is -1.55. The van der Waals surface area contributed by atoms with Crippen molar-refractivity contribution in [2.75, 3.05) is 0 Å². The lowest BCUT2D eigenvalue weighted by Gasteiger charge is -2.23. The molecule has 1 aliphatic carbocycles. The number of nitrogens with zero attached hydrogens (tertiary/aromatic N) is 2. The van der Waals surface area contributed by atoms with Gasteiger partial charge in [-0.2, -0.15) is 5.10 Å². The minimum Gasteiger partial charge on any atom is -0.465 e. The number of hydrogen-bond acceptors (Lipinski definition) is 3. The van der Waals surface area contributed by atoms with Gasteiger partial charge in [-0.05, 0) is 38.3 Å². The van der Waals surface area contributed by atoms with Crippen LogP contribution in [-0.4, -0.2) is 9.78 Å². The molecule has 0 saturated carbocycles. The van der Waals surface area contributed by atoms with Crippen molar-refractivity contribution in [2.24, 2.45) is 7.05 Å². The lowest BCUT2D eigenvalue weighted by atomic mass is 9.93. The zero-order valence-electron chi connectivity index (χ0n) is 10.9. The largest absolute Gasteiger partial charge is 0.465 e. The van der Waals surface area contributed by atoms with E-state index in [9.17, 15) is 0 Å². The van der Waals surface area contributed by atoms with Crippen LogP contribution in [0.4, 0.5) is 0 Å². The van der Waals surface area contributed by atoms with E-state index < -0.39 is 0 Å². The zero-order valence-corrected chi connectivity index (χ0v) is 10.9. The molecule has 18 heavy (non-hydrogen) atoms. The Balaban J connectivity index is 1.71. The van der Waals surface area contributed by atoms with Gasteiger partial charge in [0.25, 0.3) is 0 Å². The first-order chi connectivity index (χ1) is 8.74. The van der Waals surface area contributed by atoms with Crippen LogP contribution in [0.15, 0.2) is 22.7 Å². The molecule has 1 unspecified atom stereocenters. The molecule has 0 aromatic carbocycles. The minimum absolute atomic E-state index is 0.410. The maximum Gasteiger partial charge on any atom is 0.117 e. The normalized spacial score (nSPS) is 18.9. The van der Waals surface area contributed by atoms with E-state index in [1.807, 2.05) is 37.0 Å². The molecule has 96 valence electrons. The summed E-state index contributed by atoms with van der Waals surface area (Å²) in [6, 6.07) is 4.45. The highest BCUT2D eigenvalue weighted by molar-refractivity contribution is 5.24. The van der Waals surface area contributed by atoms with Crippen molar-refractivity contribution in [2.45, 2.75) is 38.8 Å². The van der Waals surface area contributed by atoms with Crippen molar-refractivity contribution in [3.63, 3.8) is 0 Å². The number of hydrogen-bond donors (Lipinski definition) is 1. The monoisotopic (exact) mass is 245 g/mol. The summed E-state index contributed by atoms with van der Waals surface area (Å²) < 4.78 is 7.58. The Labute approximate surface area is 107 Å². The second-order valence-corrected chi connectivity index (χ2v) is 5.01. The molecular weight excluding hydrogens is 226 g/mol. The molecule has 1 aliphatic rings. The van der Waals surface area contributed by atoms with Crippen molar-refractivity contribution in [1.29, 1.82) is 0 Å². The van der Waals surface area contributed by atoms with E-state index in [0.717, 1.165) is 24.5 Å². The zero-order chi connectivity index (χ0) is 12.5. The van der Waals surface area contributed by atoms with E-state index in [1.54, 1.807) is 0 Å². The third kappa shape index (κ3) is 2.08. The smallest absolute Gasteiger partial charge is 0.117 e. The van der Waals surface area contributed by atoms with Gasteiger partial charge in [0, 0.05) is 24.3 Å². The molecule has 0 saturated heterocycles. The van der Waals surface area contributed by atoms with Crippen molar-refractivity contribution in [3.8, 4) is 0 Å². The van der Waals surface area contributed by atoms with E-state index in [4.69, 9.17) is 4.42 Å². The second-order valence-electron chi connectivity index (χ2n) is 5.01. The summed E-state index contributed by atoms with van der Waals surface area (Å²) in [4.78, 5) is 0. The Kier molecular flexibility index (Phi) is 2.96. The summed E-state index contributed by atoms with van der Waals surface area (Å²) in [6.45, 7) is 2.76. The van der Waals surface area contributed by atoms with Crippen molar-refractivity contribution >= 4 is 0 Å². The SMILES string of the molecule is Cc1ccc(CNC2CCCc3c2cnn3C)o1. The molecule has 0 fully saturated rings. The number of fused-ring (bicyclic) bond motifs is 1. The van der Waals surface area contributed by atoms with Gasteiger partial charge in [-0.1, -0.05) is 0 Å². The highest BCUT2D eigenvalue weighted by atomic mass is 16.3. The lowest BCUT2D eigenvalue weighted by molar-refractivity contribution is 0.407. The van der Waals surface area contributed by atoms with Gasteiger partial charge in [0.2, 0.25) is 0 Å². The fraction of sp³-hybridized carbons (Fsp3) is 0.500. The van der Waals surface area contributed by atoms with Crippen molar-refractivity contribution in [1.82, 2.24) is 15.1 Å². The first-order valence-electron chi connectivity index (χ1n) is 6.53. The maximum atomic E-state index is 5.58. The molecule has 1 N–H and O–H groups in total. The molecule has 4 nitrogen and oxygen atoms in total. The molecule has 0 bridgehead atoms.